The second-order valence-electron chi connectivity index (χ2n) is 18.5. The Morgan fingerprint density at radius 1 is 0.493 bits per heavy atom. The first kappa shape index (κ1) is 63.4. The highest BCUT2D eigenvalue weighted by Crippen LogP contribution is 2.26. The topological polar surface area (TPSA) is 175 Å². The first-order chi connectivity index (χ1) is 33.6. The largest absolute Gasteiger partial charge is 0.479 e. The minimum absolute atomic E-state index is 0.0465. The second-order valence-corrected chi connectivity index (χ2v) is 18.5. The number of carbonyl (C=O) groups excluding carboxylic acids is 3. The number of unbranched alkanes of at least 4 members (excludes halogenated alkanes) is 21. The Morgan fingerprint density at radius 2 is 0.928 bits per heavy atom. The van der Waals surface area contributed by atoms with Gasteiger partial charge in [0, 0.05) is 19.3 Å². The first-order valence-corrected chi connectivity index (χ1v) is 27.3. The summed E-state index contributed by atoms with van der Waals surface area (Å²) in [5.74, 6) is -3.16. The number of rotatable bonds is 45. The molecule has 69 heavy (non-hydrogen) atoms. The molecule has 6 unspecified atom stereocenters. The van der Waals surface area contributed by atoms with Gasteiger partial charge in [-0.05, 0) is 96.3 Å². The quantitative estimate of drug-likeness (QED) is 0.0228. The Hall–Kier alpha value is -3.58. The van der Waals surface area contributed by atoms with Gasteiger partial charge in [-0.25, -0.2) is 4.79 Å². The fraction of sp³-hybridized carbons (Fsp3) is 0.754. The molecule has 1 aliphatic heterocycles. The van der Waals surface area contributed by atoms with Crippen molar-refractivity contribution in [2.24, 2.45) is 0 Å². The molecule has 1 heterocycles. The van der Waals surface area contributed by atoms with Crippen LogP contribution in [0.5, 0.6) is 0 Å². The molecule has 6 atom stereocenters. The molecule has 396 valence electrons. The van der Waals surface area contributed by atoms with Gasteiger partial charge in [0.15, 0.2) is 24.6 Å². The third kappa shape index (κ3) is 36.1. The van der Waals surface area contributed by atoms with Crippen molar-refractivity contribution in [3.8, 4) is 0 Å². The van der Waals surface area contributed by atoms with Crippen LogP contribution in [0.3, 0.4) is 0 Å². The van der Waals surface area contributed by atoms with Crippen molar-refractivity contribution in [3.63, 3.8) is 0 Å². The van der Waals surface area contributed by atoms with Crippen LogP contribution in [-0.2, 0) is 42.9 Å². The van der Waals surface area contributed by atoms with Gasteiger partial charge in [-0.15, -0.1) is 0 Å². The Labute approximate surface area is 417 Å². The zero-order valence-electron chi connectivity index (χ0n) is 43.3. The highest BCUT2D eigenvalue weighted by atomic mass is 16.7. The first-order valence-electron chi connectivity index (χ1n) is 27.3. The summed E-state index contributed by atoms with van der Waals surface area (Å²) in [5, 5.41) is 31.3. The average molecular weight is 973 g/mol. The summed E-state index contributed by atoms with van der Waals surface area (Å²) in [4.78, 5) is 50.9. The van der Waals surface area contributed by atoms with Gasteiger partial charge in [-0.3, -0.25) is 14.4 Å². The smallest absolute Gasteiger partial charge is 0.335 e. The van der Waals surface area contributed by atoms with Crippen LogP contribution in [-0.4, -0.2) is 89.2 Å². The molecule has 3 N–H and O–H groups in total. The fourth-order valence-corrected chi connectivity index (χ4v) is 7.83. The molecule has 0 amide bonds. The van der Waals surface area contributed by atoms with Crippen LogP contribution < -0.4 is 0 Å². The highest BCUT2D eigenvalue weighted by molar-refractivity contribution is 5.74. The predicted octanol–water partition coefficient (Wildman–Crippen LogP) is 13.2. The summed E-state index contributed by atoms with van der Waals surface area (Å²) < 4.78 is 28.3. The lowest BCUT2D eigenvalue weighted by Gasteiger charge is -2.40. The number of carbonyl (C=O) groups is 4. The van der Waals surface area contributed by atoms with Crippen LogP contribution in [0.1, 0.15) is 226 Å². The number of aliphatic carboxylic acids is 1. The van der Waals surface area contributed by atoms with Crippen molar-refractivity contribution >= 4 is 23.9 Å². The van der Waals surface area contributed by atoms with Crippen LogP contribution in [0.4, 0.5) is 0 Å². The van der Waals surface area contributed by atoms with Crippen molar-refractivity contribution < 1.29 is 58.2 Å². The normalized spacial score (nSPS) is 19.1. The maximum absolute atomic E-state index is 13.1. The van der Waals surface area contributed by atoms with Gasteiger partial charge in [0.2, 0.25) is 0 Å². The number of ether oxygens (including phenoxy) is 5. The lowest BCUT2D eigenvalue weighted by molar-refractivity contribution is -0.301. The van der Waals surface area contributed by atoms with E-state index in [1.807, 2.05) is 0 Å². The van der Waals surface area contributed by atoms with Crippen molar-refractivity contribution in [1.82, 2.24) is 0 Å². The minimum Gasteiger partial charge on any atom is -0.479 e. The second kappa shape index (κ2) is 45.6. The predicted molar refractivity (Wildman–Crippen MR) is 275 cm³/mol. The molecule has 1 saturated heterocycles. The molecule has 0 aliphatic carbocycles. The number of carboxylic acids is 1. The lowest BCUT2D eigenvalue weighted by atomic mass is 9.98. The number of esters is 3. The zero-order valence-corrected chi connectivity index (χ0v) is 43.3. The molecule has 0 saturated carbocycles. The number of carboxylic acid groups (broad SMARTS) is 1. The van der Waals surface area contributed by atoms with Gasteiger partial charge in [0.25, 0.3) is 0 Å². The summed E-state index contributed by atoms with van der Waals surface area (Å²) in [6, 6.07) is 0. The van der Waals surface area contributed by atoms with Crippen LogP contribution in [0.25, 0.3) is 0 Å². The summed E-state index contributed by atoms with van der Waals surface area (Å²) >= 11 is 0. The van der Waals surface area contributed by atoms with E-state index in [1.54, 1.807) is 0 Å². The van der Waals surface area contributed by atoms with Gasteiger partial charge in [0.1, 0.15) is 18.8 Å². The molecule has 0 aromatic heterocycles. The molecule has 0 spiro atoms. The van der Waals surface area contributed by atoms with Crippen LogP contribution in [0.2, 0.25) is 0 Å². The molecule has 0 aromatic carbocycles. The summed E-state index contributed by atoms with van der Waals surface area (Å²) in [6.07, 6.45) is 42.1. The Bertz CT molecular complexity index is 1440. The van der Waals surface area contributed by atoms with Gasteiger partial charge in [-0.2, -0.15) is 0 Å². The number of hydrogen-bond donors (Lipinski definition) is 3. The van der Waals surface area contributed by atoms with E-state index in [9.17, 15) is 34.5 Å². The summed E-state index contributed by atoms with van der Waals surface area (Å²) in [5.41, 5.74) is 0. The van der Waals surface area contributed by atoms with Crippen LogP contribution in [0, 0.1) is 0 Å². The van der Waals surface area contributed by atoms with Gasteiger partial charge < -0.3 is 39.0 Å². The Balaban J connectivity index is 2.74. The summed E-state index contributed by atoms with van der Waals surface area (Å²) in [7, 11) is 0. The highest BCUT2D eigenvalue weighted by Gasteiger charge is 2.50. The van der Waals surface area contributed by atoms with E-state index in [2.05, 4.69) is 81.5 Å². The molecular weight excluding hydrogens is 877 g/mol. The number of aliphatic hydroxyl groups excluding tert-OH is 2. The monoisotopic (exact) mass is 973 g/mol. The van der Waals surface area contributed by atoms with E-state index < -0.39 is 67.3 Å². The van der Waals surface area contributed by atoms with Crippen LogP contribution in [0.15, 0.2) is 60.8 Å². The standard InChI is InChI=1S/C57H96O12/c1-4-7-10-13-16-19-22-24-25-27-29-31-34-37-40-43-49(58)65-46-48(67-50(59)44-41-38-35-33-30-26-23-20-17-14-11-8-5-2)47-66-57-55(53(62)52(61)54(69-57)56(63)64)68-51(60)45-42-39-36-32-28-21-18-15-12-9-6-3/h7,10,15-16,18-20,23-25,48,52-55,57,61-62H,4-6,8-9,11-14,17,21-22,26-47H2,1-3H3,(H,63,64)/b10-7-,18-15-,19-16-,23-20-,25-24-. The van der Waals surface area contributed by atoms with E-state index in [-0.39, 0.29) is 25.9 Å². The fourth-order valence-electron chi connectivity index (χ4n) is 7.83. The van der Waals surface area contributed by atoms with E-state index in [0.717, 1.165) is 128 Å². The molecule has 1 aliphatic rings. The zero-order chi connectivity index (χ0) is 50.4. The Morgan fingerprint density at radius 3 is 1.45 bits per heavy atom. The SMILES string of the molecule is CC/C=C\C/C=C\C/C=C\CCCCCCCC(=O)OCC(COC1OC(C(=O)O)C(O)C(O)C1OC(=O)CCCCCCC/C=C\CCCC)OC(=O)CCCCCCC/C=C\CCCCCC. The maximum atomic E-state index is 13.1. The number of allylic oxidation sites excluding steroid dienone is 10. The molecule has 0 radical (unpaired) electrons. The van der Waals surface area contributed by atoms with E-state index >= 15 is 0 Å². The van der Waals surface area contributed by atoms with Crippen molar-refractivity contribution in [2.45, 2.75) is 263 Å². The van der Waals surface area contributed by atoms with Crippen molar-refractivity contribution in [3.05, 3.63) is 60.8 Å². The molecular formula is C57H96O12. The van der Waals surface area contributed by atoms with Gasteiger partial charge in [-0.1, -0.05) is 171 Å². The van der Waals surface area contributed by atoms with Gasteiger partial charge in [0.05, 0.1) is 6.61 Å². The number of hydrogen-bond acceptors (Lipinski definition) is 11. The van der Waals surface area contributed by atoms with Crippen molar-refractivity contribution in [2.75, 3.05) is 13.2 Å². The van der Waals surface area contributed by atoms with E-state index in [1.165, 1.54) is 38.5 Å². The molecule has 0 bridgehead atoms. The molecule has 1 rings (SSSR count). The van der Waals surface area contributed by atoms with E-state index in [4.69, 9.17) is 23.7 Å². The maximum Gasteiger partial charge on any atom is 0.335 e. The van der Waals surface area contributed by atoms with Crippen LogP contribution >= 0.6 is 0 Å². The number of aliphatic hydroxyl groups is 2. The lowest BCUT2D eigenvalue weighted by Crippen LogP contribution is -2.61. The van der Waals surface area contributed by atoms with Gasteiger partial charge >= 0.3 is 23.9 Å². The Kier molecular flexibility index (Phi) is 41.9. The van der Waals surface area contributed by atoms with Crippen molar-refractivity contribution in [1.29, 1.82) is 0 Å². The average Bonchev–Trinajstić information content (AvgIpc) is 3.33. The third-order valence-electron chi connectivity index (χ3n) is 12.0. The molecule has 0 aromatic rings. The third-order valence-corrected chi connectivity index (χ3v) is 12.0. The molecule has 12 heteroatoms. The minimum atomic E-state index is -1.91. The summed E-state index contributed by atoms with van der Waals surface area (Å²) in [6.45, 7) is 5.78. The molecule has 12 nitrogen and oxygen atoms in total. The van der Waals surface area contributed by atoms with E-state index in [0.29, 0.717) is 19.3 Å². The molecule has 1 fully saturated rings.